The lowest BCUT2D eigenvalue weighted by Gasteiger charge is -2.17. The van der Waals surface area contributed by atoms with Crippen LogP contribution in [0.15, 0.2) is 42.3 Å². The lowest BCUT2D eigenvalue weighted by molar-refractivity contribution is 0.249. The minimum Gasteiger partial charge on any atom is -0.359 e. The highest BCUT2D eigenvalue weighted by Crippen LogP contribution is 2.51. The van der Waals surface area contributed by atoms with Crippen molar-refractivity contribution in [3.63, 3.8) is 0 Å². The van der Waals surface area contributed by atoms with Gasteiger partial charge in [0.1, 0.15) is 23.6 Å². The van der Waals surface area contributed by atoms with E-state index in [1.807, 2.05) is 0 Å². The number of aromatic nitrogens is 3. The third kappa shape index (κ3) is 4.75. The fourth-order valence-electron chi connectivity index (χ4n) is 3.36. The smallest absolute Gasteiger partial charge is 0.186 e. The van der Waals surface area contributed by atoms with Gasteiger partial charge in [0.15, 0.2) is 5.16 Å². The van der Waals surface area contributed by atoms with Crippen LogP contribution in [-0.4, -0.2) is 32.0 Å². The van der Waals surface area contributed by atoms with E-state index in [0.717, 1.165) is 25.3 Å². The van der Waals surface area contributed by atoms with Gasteiger partial charge >= 0.3 is 0 Å². The Kier molecular flexibility index (Phi) is 7.12. The quantitative estimate of drug-likeness (QED) is 0.211. The van der Waals surface area contributed by atoms with Crippen LogP contribution in [0.3, 0.4) is 0 Å². The first-order chi connectivity index (χ1) is 13.5. The van der Waals surface area contributed by atoms with Gasteiger partial charge in [-0.15, -0.1) is 18.2 Å². The molecule has 2 aromatic rings. The summed E-state index contributed by atoms with van der Waals surface area (Å²) in [6.07, 6.45) is 6.56. The predicted octanol–water partition coefficient (Wildman–Crippen LogP) is 5.32. The Morgan fingerprint density at radius 1 is 1.46 bits per heavy atom. The molecule has 28 heavy (non-hydrogen) atoms. The maximum atomic E-state index is 14.6. The minimum absolute atomic E-state index is 0.0549. The van der Waals surface area contributed by atoms with Crippen LogP contribution >= 0.6 is 23.4 Å². The molecule has 1 aliphatic heterocycles. The van der Waals surface area contributed by atoms with Crippen molar-refractivity contribution < 1.29 is 13.5 Å². The zero-order chi connectivity index (χ0) is 20.1. The van der Waals surface area contributed by atoms with Crippen molar-refractivity contribution in [2.24, 2.45) is 0 Å². The van der Waals surface area contributed by atoms with E-state index >= 15 is 0 Å². The van der Waals surface area contributed by atoms with Crippen molar-refractivity contribution in [3.8, 4) is 0 Å². The Morgan fingerprint density at radius 2 is 2.29 bits per heavy atom. The molecule has 1 aliphatic rings. The second kappa shape index (κ2) is 9.37. The van der Waals surface area contributed by atoms with E-state index in [4.69, 9.17) is 16.3 Å². The highest BCUT2D eigenvalue weighted by molar-refractivity contribution is 7.99. The van der Waals surface area contributed by atoms with Gasteiger partial charge in [-0.1, -0.05) is 43.7 Å². The third-order valence-corrected chi connectivity index (χ3v) is 6.21. The normalized spacial score (nSPS) is 22.2. The van der Waals surface area contributed by atoms with Gasteiger partial charge in [0, 0.05) is 22.8 Å². The number of nitrogens with zero attached hydrogens (tertiary/aromatic N) is 3. The third-order valence-electron chi connectivity index (χ3n) is 4.84. The van der Waals surface area contributed by atoms with Crippen molar-refractivity contribution in [1.82, 2.24) is 14.8 Å². The first kappa shape index (κ1) is 21.3. The summed E-state index contributed by atoms with van der Waals surface area (Å²) in [5.74, 6) is -0.556. The van der Waals surface area contributed by atoms with Gasteiger partial charge in [0.2, 0.25) is 0 Å². The summed E-state index contributed by atoms with van der Waals surface area (Å²) in [4.78, 5) is 4.25. The number of halogens is 3. The van der Waals surface area contributed by atoms with E-state index in [1.54, 1.807) is 10.8 Å². The number of hydrogen-bond acceptors (Lipinski definition) is 4. The first-order valence-electron chi connectivity index (χ1n) is 9.39. The van der Waals surface area contributed by atoms with Crippen molar-refractivity contribution in [2.45, 2.75) is 61.4 Å². The summed E-state index contributed by atoms with van der Waals surface area (Å²) in [6, 6.07) is 3.59. The van der Waals surface area contributed by atoms with Gasteiger partial charge in [-0.2, -0.15) is 5.10 Å². The zero-order valence-electron chi connectivity index (χ0n) is 15.8. The Labute approximate surface area is 173 Å². The number of alkyl halides is 1. The van der Waals surface area contributed by atoms with E-state index in [1.165, 1.54) is 30.2 Å². The number of epoxide rings is 1. The topological polar surface area (TPSA) is 43.2 Å². The molecule has 4 nitrogen and oxygen atoms in total. The number of benzene rings is 1. The van der Waals surface area contributed by atoms with Crippen LogP contribution in [0, 0.1) is 11.6 Å². The molecule has 3 atom stereocenters. The molecule has 0 radical (unpaired) electrons. The van der Waals surface area contributed by atoms with Gasteiger partial charge in [0.25, 0.3) is 0 Å². The molecule has 8 heteroatoms. The van der Waals surface area contributed by atoms with E-state index < -0.39 is 17.2 Å². The number of ether oxygens (including phenoxy) is 1. The van der Waals surface area contributed by atoms with Crippen LogP contribution in [0.5, 0.6) is 0 Å². The zero-order valence-corrected chi connectivity index (χ0v) is 17.4. The molecule has 0 bridgehead atoms. The van der Waals surface area contributed by atoms with Crippen molar-refractivity contribution in [1.29, 1.82) is 0 Å². The van der Waals surface area contributed by atoms with E-state index in [2.05, 4.69) is 23.6 Å². The van der Waals surface area contributed by atoms with Crippen LogP contribution < -0.4 is 0 Å². The highest BCUT2D eigenvalue weighted by Gasteiger charge is 2.59. The molecule has 3 unspecified atom stereocenters. The maximum absolute atomic E-state index is 14.6. The van der Waals surface area contributed by atoms with Gasteiger partial charge in [-0.3, -0.25) is 0 Å². The van der Waals surface area contributed by atoms with Gasteiger partial charge < -0.3 is 4.74 Å². The average Bonchev–Trinajstić information content (AvgIpc) is 3.14. The number of hydrogen-bond donors (Lipinski definition) is 0. The molecule has 2 heterocycles. The Balaban J connectivity index is 1.85. The fraction of sp³-hybridized carbons (Fsp3) is 0.500. The summed E-state index contributed by atoms with van der Waals surface area (Å²) in [7, 11) is 0. The molecule has 1 aromatic carbocycles. The molecule has 1 aromatic heterocycles. The lowest BCUT2D eigenvalue weighted by atomic mass is 9.91. The summed E-state index contributed by atoms with van der Waals surface area (Å²) in [5, 5.41) is 4.91. The van der Waals surface area contributed by atoms with E-state index in [0.29, 0.717) is 22.9 Å². The second-order valence-corrected chi connectivity index (χ2v) is 8.50. The molecule has 0 aliphatic carbocycles. The van der Waals surface area contributed by atoms with Gasteiger partial charge in [0.05, 0.1) is 12.6 Å². The molecule has 0 N–H and O–H groups in total. The number of thioether (sulfide) groups is 1. The average molecular weight is 428 g/mol. The minimum atomic E-state index is -0.922. The number of rotatable bonds is 11. The Morgan fingerprint density at radius 3 is 3.00 bits per heavy atom. The second-order valence-electron chi connectivity index (χ2n) is 6.90. The molecular formula is C20H24ClF2N3OS. The molecule has 0 amide bonds. The molecule has 1 saturated heterocycles. The number of unbranched alkanes of at least 4 members (excludes halogenated alkanes) is 1. The monoisotopic (exact) mass is 427 g/mol. The van der Waals surface area contributed by atoms with Crippen LogP contribution in [0.4, 0.5) is 8.78 Å². The largest absolute Gasteiger partial charge is 0.359 e. The molecule has 1 fully saturated rings. The highest BCUT2D eigenvalue weighted by atomic mass is 35.5. The van der Waals surface area contributed by atoms with E-state index in [9.17, 15) is 8.78 Å². The molecule has 0 saturated carbocycles. The van der Waals surface area contributed by atoms with Crippen LogP contribution in [0.25, 0.3) is 0 Å². The van der Waals surface area contributed by atoms with Gasteiger partial charge in [-0.25, -0.2) is 18.4 Å². The van der Waals surface area contributed by atoms with Crippen molar-refractivity contribution in [2.75, 3.05) is 5.75 Å². The SMILES string of the molecule is C=CCSc1ncnn1CC1(c2ccc(F)cc2F)OC1CC(Cl)CCCC. The summed E-state index contributed by atoms with van der Waals surface area (Å²) < 4.78 is 35.8. The van der Waals surface area contributed by atoms with Crippen molar-refractivity contribution in [3.05, 3.63) is 54.4 Å². The standard InChI is InChI=1S/C20H24ClF2N3OS/c1-3-5-6-14(21)10-18-20(27-18,16-8-7-15(22)11-17(16)23)12-26-19(24-13-25-26)28-9-4-2/h4,7-8,11,13-14,18H,2-3,5-6,9-10,12H2,1H3. The molecule has 3 rings (SSSR count). The van der Waals surface area contributed by atoms with Crippen LogP contribution in [0.1, 0.15) is 38.2 Å². The van der Waals surface area contributed by atoms with E-state index in [-0.39, 0.29) is 18.0 Å². The summed E-state index contributed by atoms with van der Waals surface area (Å²) in [5.41, 5.74) is -0.595. The maximum Gasteiger partial charge on any atom is 0.186 e. The molecule has 0 spiro atoms. The first-order valence-corrected chi connectivity index (χ1v) is 10.8. The van der Waals surface area contributed by atoms with Crippen LogP contribution in [-0.2, 0) is 16.9 Å². The molecule has 152 valence electrons. The Hall–Kier alpha value is -1.44. The van der Waals surface area contributed by atoms with Crippen LogP contribution in [0.2, 0.25) is 0 Å². The van der Waals surface area contributed by atoms with Crippen molar-refractivity contribution >= 4 is 23.4 Å². The van der Waals surface area contributed by atoms with Gasteiger partial charge in [-0.05, 0) is 18.9 Å². The lowest BCUT2D eigenvalue weighted by Crippen LogP contribution is -2.25. The predicted molar refractivity (Wildman–Crippen MR) is 108 cm³/mol. The fourth-order valence-corrected chi connectivity index (χ4v) is 4.32. The summed E-state index contributed by atoms with van der Waals surface area (Å²) >= 11 is 7.96. The summed E-state index contributed by atoms with van der Waals surface area (Å²) in [6.45, 7) is 6.11. The Bertz CT molecular complexity index is 818. The molecular weight excluding hydrogens is 404 g/mol.